The van der Waals surface area contributed by atoms with Gasteiger partial charge in [-0.2, -0.15) is 0 Å². The standard InChI is InChI=1S/C16H17N3O2/c1-2-21-16(20)12-15(18-13-8-4-3-5-9-13)19-14-10-6-7-11-17-14/h3-12,18H,2H2,1H3,(H,17,19). The van der Waals surface area contributed by atoms with Gasteiger partial charge in [0.25, 0.3) is 0 Å². The Morgan fingerprint density at radius 2 is 1.90 bits per heavy atom. The number of ether oxygens (including phenoxy) is 1. The normalized spacial score (nSPS) is 10.8. The van der Waals surface area contributed by atoms with Crippen molar-refractivity contribution in [1.29, 1.82) is 0 Å². The molecule has 0 saturated heterocycles. The van der Waals surface area contributed by atoms with E-state index < -0.39 is 5.97 Å². The maximum absolute atomic E-state index is 11.6. The van der Waals surface area contributed by atoms with Crippen molar-refractivity contribution < 1.29 is 9.53 Å². The molecule has 1 aromatic heterocycles. The summed E-state index contributed by atoms with van der Waals surface area (Å²) in [4.78, 5) is 15.8. The fourth-order valence-corrected chi connectivity index (χ4v) is 1.66. The van der Waals surface area contributed by atoms with Gasteiger partial charge in [0.1, 0.15) is 11.6 Å². The van der Waals surface area contributed by atoms with Gasteiger partial charge in [0, 0.05) is 11.9 Å². The Kier molecular flexibility index (Phi) is 5.34. The van der Waals surface area contributed by atoms with E-state index in [0.29, 0.717) is 18.2 Å². The second kappa shape index (κ2) is 7.69. The van der Waals surface area contributed by atoms with Gasteiger partial charge in [-0.05, 0) is 31.2 Å². The van der Waals surface area contributed by atoms with Crippen LogP contribution in [0.2, 0.25) is 0 Å². The second-order valence-corrected chi connectivity index (χ2v) is 4.14. The number of hydrogen-bond donors (Lipinski definition) is 2. The third kappa shape index (κ3) is 4.99. The maximum Gasteiger partial charge on any atom is 0.334 e. The van der Waals surface area contributed by atoms with Gasteiger partial charge in [-0.3, -0.25) is 0 Å². The van der Waals surface area contributed by atoms with Crippen LogP contribution in [0, 0.1) is 0 Å². The second-order valence-electron chi connectivity index (χ2n) is 4.14. The first-order valence-corrected chi connectivity index (χ1v) is 6.66. The van der Waals surface area contributed by atoms with Gasteiger partial charge in [-0.25, -0.2) is 9.78 Å². The van der Waals surface area contributed by atoms with Crippen molar-refractivity contribution in [2.24, 2.45) is 0 Å². The van der Waals surface area contributed by atoms with Crippen molar-refractivity contribution in [3.8, 4) is 0 Å². The lowest BCUT2D eigenvalue weighted by atomic mass is 10.3. The molecule has 1 heterocycles. The lowest BCUT2D eigenvalue weighted by molar-refractivity contribution is -0.137. The van der Waals surface area contributed by atoms with E-state index in [2.05, 4.69) is 15.6 Å². The van der Waals surface area contributed by atoms with E-state index >= 15 is 0 Å². The lowest BCUT2D eigenvalue weighted by Gasteiger charge is -2.13. The zero-order valence-electron chi connectivity index (χ0n) is 11.7. The molecule has 0 bridgehead atoms. The van der Waals surface area contributed by atoms with Crippen LogP contribution in [-0.2, 0) is 9.53 Å². The molecule has 21 heavy (non-hydrogen) atoms. The van der Waals surface area contributed by atoms with E-state index in [1.807, 2.05) is 48.5 Å². The minimum absolute atomic E-state index is 0.331. The molecular weight excluding hydrogens is 266 g/mol. The van der Waals surface area contributed by atoms with Crippen LogP contribution in [0.1, 0.15) is 6.92 Å². The molecule has 0 fully saturated rings. The zero-order valence-corrected chi connectivity index (χ0v) is 11.7. The SMILES string of the molecule is CCOC(=O)C=C(Nc1ccccc1)Nc1ccccn1. The molecule has 108 valence electrons. The summed E-state index contributed by atoms with van der Waals surface area (Å²) in [6.45, 7) is 2.10. The third-order valence-electron chi connectivity index (χ3n) is 2.53. The molecule has 0 unspecified atom stereocenters. The van der Waals surface area contributed by atoms with E-state index in [1.165, 1.54) is 6.08 Å². The molecule has 0 saturated carbocycles. The molecule has 0 radical (unpaired) electrons. The highest BCUT2D eigenvalue weighted by atomic mass is 16.5. The molecule has 2 N–H and O–H groups in total. The van der Waals surface area contributed by atoms with Gasteiger partial charge in [-0.1, -0.05) is 24.3 Å². The predicted octanol–water partition coefficient (Wildman–Crippen LogP) is 3.01. The molecule has 0 aliphatic carbocycles. The molecule has 0 aliphatic rings. The van der Waals surface area contributed by atoms with Crippen molar-refractivity contribution >= 4 is 17.5 Å². The van der Waals surface area contributed by atoms with Crippen LogP contribution in [0.25, 0.3) is 0 Å². The van der Waals surface area contributed by atoms with Gasteiger partial charge >= 0.3 is 5.97 Å². The maximum atomic E-state index is 11.6. The summed E-state index contributed by atoms with van der Waals surface area (Å²) in [6.07, 6.45) is 3.04. The fourth-order valence-electron chi connectivity index (χ4n) is 1.66. The van der Waals surface area contributed by atoms with E-state index in [0.717, 1.165) is 5.69 Å². The monoisotopic (exact) mass is 283 g/mol. The van der Waals surface area contributed by atoms with Crippen LogP contribution in [-0.4, -0.2) is 17.6 Å². The molecule has 0 atom stereocenters. The van der Waals surface area contributed by atoms with Crippen molar-refractivity contribution in [3.05, 3.63) is 66.6 Å². The minimum Gasteiger partial charge on any atom is -0.463 e. The quantitative estimate of drug-likeness (QED) is 0.630. The van der Waals surface area contributed by atoms with Crippen LogP contribution >= 0.6 is 0 Å². The van der Waals surface area contributed by atoms with Crippen molar-refractivity contribution in [2.45, 2.75) is 6.92 Å². The number of nitrogens with one attached hydrogen (secondary N) is 2. The first kappa shape index (κ1) is 14.6. The molecule has 0 aliphatic heterocycles. The third-order valence-corrected chi connectivity index (χ3v) is 2.53. The smallest absolute Gasteiger partial charge is 0.334 e. The highest BCUT2D eigenvalue weighted by Crippen LogP contribution is 2.11. The summed E-state index contributed by atoms with van der Waals surface area (Å²) >= 11 is 0. The summed E-state index contributed by atoms with van der Waals surface area (Å²) < 4.78 is 4.93. The largest absolute Gasteiger partial charge is 0.463 e. The lowest BCUT2D eigenvalue weighted by Crippen LogP contribution is -2.13. The number of carbonyl (C=O) groups excluding carboxylic acids is 1. The van der Waals surface area contributed by atoms with Gasteiger partial charge in [0.2, 0.25) is 0 Å². The van der Waals surface area contributed by atoms with Gasteiger partial charge in [0.15, 0.2) is 0 Å². The highest BCUT2D eigenvalue weighted by Gasteiger charge is 2.04. The number of hydrogen-bond acceptors (Lipinski definition) is 5. The van der Waals surface area contributed by atoms with Crippen molar-refractivity contribution in [3.63, 3.8) is 0 Å². The summed E-state index contributed by atoms with van der Waals surface area (Å²) in [5.74, 6) is 0.717. The van der Waals surface area contributed by atoms with Crippen molar-refractivity contribution in [1.82, 2.24) is 4.98 Å². The Morgan fingerprint density at radius 1 is 1.14 bits per heavy atom. The molecular formula is C16H17N3O2. The number of pyridine rings is 1. The first-order valence-electron chi connectivity index (χ1n) is 6.66. The van der Waals surface area contributed by atoms with Crippen LogP contribution in [0.4, 0.5) is 11.5 Å². The number of rotatable bonds is 6. The molecule has 5 nitrogen and oxygen atoms in total. The molecule has 2 rings (SSSR count). The van der Waals surface area contributed by atoms with Crippen LogP contribution in [0.3, 0.4) is 0 Å². The van der Waals surface area contributed by atoms with Gasteiger partial charge < -0.3 is 15.4 Å². The van der Waals surface area contributed by atoms with Crippen LogP contribution in [0.5, 0.6) is 0 Å². The van der Waals surface area contributed by atoms with Crippen molar-refractivity contribution in [2.75, 3.05) is 17.2 Å². The Balaban J connectivity index is 2.16. The summed E-state index contributed by atoms with van der Waals surface area (Å²) in [5, 5.41) is 6.18. The Hall–Kier alpha value is -2.82. The zero-order chi connectivity index (χ0) is 14.9. The Morgan fingerprint density at radius 3 is 2.57 bits per heavy atom. The molecule has 0 spiro atoms. The highest BCUT2D eigenvalue weighted by molar-refractivity contribution is 5.84. The number of para-hydroxylation sites is 1. The summed E-state index contributed by atoms with van der Waals surface area (Å²) in [5.41, 5.74) is 0.858. The molecule has 1 aromatic carbocycles. The van der Waals surface area contributed by atoms with Gasteiger partial charge in [0.05, 0.1) is 12.7 Å². The Labute approximate surface area is 123 Å². The summed E-state index contributed by atoms with van der Waals surface area (Å²) in [6, 6.07) is 15.0. The fraction of sp³-hybridized carbons (Fsp3) is 0.125. The number of nitrogens with zero attached hydrogens (tertiary/aromatic N) is 1. The molecule has 5 heteroatoms. The molecule has 2 aromatic rings. The Bertz CT molecular complexity index is 554. The minimum atomic E-state index is -0.417. The van der Waals surface area contributed by atoms with E-state index in [-0.39, 0.29) is 0 Å². The van der Waals surface area contributed by atoms with Gasteiger partial charge in [-0.15, -0.1) is 0 Å². The summed E-state index contributed by atoms with van der Waals surface area (Å²) in [7, 11) is 0. The first-order chi connectivity index (χ1) is 10.3. The van der Waals surface area contributed by atoms with Crippen LogP contribution in [0.15, 0.2) is 66.6 Å². The average Bonchev–Trinajstić information content (AvgIpc) is 2.49. The number of carbonyl (C=O) groups is 1. The number of anilines is 2. The average molecular weight is 283 g/mol. The topological polar surface area (TPSA) is 63.2 Å². The number of aromatic nitrogens is 1. The van der Waals surface area contributed by atoms with E-state index in [1.54, 1.807) is 13.1 Å². The predicted molar refractivity (Wildman–Crippen MR) is 82.6 cm³/mol. The van der Waals surface area contributed by atoms with E-state index in [9.17, 15) is 4.79 Å². The van der Waals surface area contributed by atoms with Crippen LogP contribution < -0.4 is 10.6 Å². The molecule has 0 amide bonds. The number of benzene rings is 1. The number of esters is 1. The van der Waals surface area contributed by atoms with E-state index in [4.69, 9.17) is 4.74 Å².